The molecule has 0 aromatic heterocycles. The molecule has 3 aromatic carbocycles. The Morgan fingerprint density at radius 3 is 2.28 bits per heavy atom. The van der Waals surface area contributed by atoms with Crippen molar-refractivity contribution >= 4 is 17.3 Å². The molecule has 1 aliphatic heterocycles. The molecule has 0 spiro atoms. The molecule has 3 nitrogen and oxygen atoms in total. The minimum Gasteiger partial charge on any atom is -0.378 e. The zero-order valence-corrected chi connectivity index (χ0v) is 17.3. The van der Waals surface area contributed by atoms with Crippen LogP contribution in [0.15, 0.2) is 78.9 Å². The first kappa shape index (κ1) is 19.3. The molecule has 1 N–H and O–H groups in total. The lowest BCUT2D eigenvalue weighted by atomic mass is 9.80. The van der Waals surface area contributed by atoms with Gasteiger partial charge in [0.15, 0.2) is 0 Å². The van der Waals surface area contributed by atoms with Gasteiger partial charge in [0.1, 0.15) is 0 Å². The third-order valence-corrected chi connectivity index (χ3v) is 6.03. The number of para-hydroxylation sites is 2. The summed E-state index contributed by atoms with van der Waals surface area (Å²) in [5.74, 6) is 0.346. The van der Waals surface area contributed by atoms with Crippen molar-refractivity contribution in [3.05, 3.63) is 95.6 Å². The van der Waals surface area contributed by atoms with Gasteiger partial charge in [-0.2, -0.15) is 0 Å². The number of nitrogens with zero attached hydrogens (tertiary/aromatic N) is 1. The van der Waals surface area contributed by atoms with Crippen LogP contribution in [0.2, 0.25) is 0 Å². The molecule has 3 aromatic rings. The van der Waals surface area contributed by atoms with Gasteiger partial charge in [-0.1, -0.05) is 67.9 Å². The van der Waals surface area contributed by atoms with Crippen molar-refractivity contribution in [1.82, 2.24) is 0 Å². The molecular formula is C26H28N2O. The Morgan fingerprint density at radius 1 is 0.931 bits per heavy atom. The highest BCUT2D eigenvalue weighted by atomic mass is 16.2. The van der Waals surface area contributed by atoms with Crippen molar-refractivity contribution in [2.24, 2.45) is 5.92 Å². The quantitative estimate of drug-likeness (QED) is 0.579. The van der Waals surface area contributed by atoms with Gasteiger partial charge in [0.25, 0.3) is 5.91 Å². The molecule has 0 fully saturated rings. The third-order valence-electron chi connectivity index (χ3n) is 6.03. The molecule has 29 heavy (non-hydrogen) atoms. The zero-order valence-electron chi connectivity index (χ0n) is 17.3. The lowest BCUT2D eigenvalue weighted by molar-refractivity contribution is 0.0960. The van der Waals surface area contributed by atoms with E-state index in [-0.39, 0.29) is 23.9 Å². The average molecular weight is 385 g/mol. The van der Waals surface area contributed by atoms with E-state index in [1.807, 2.05) is 60.4 Å². The van der Waals surface area contributed by atoms with Crippen LogP contribution >= 0.6 is 0 Å². The maximum absolute atomic E-state index is 13.6. The number of fused-ring (bicyclic) bond motifs is 1. The van der Waals surface area contributed by atoms with E-state index in [0.717, 1.165) is 28.9 Å². The molecule has 1 aliphatic rings. The first-order chi connectivity index (χ1) is 14.1. The van der Waals surface area contributed by atoms with Crippen LogP contribution in [0.5, 0.6) is 0 Å². The number of amides is 1. The maximum atomic E-state index is 13.6. The summed E-state index contributed by atoms with van der Waals surface area (Å²) in [5.41, 5.74) is 5.19. The Kier molecular flexibility index (Phi) is 5.39. The summed E-state index contributed by atoms with van der Waals surface area (Å²) < 4.78 is 0. The van der Waals surface area contributed by atoms with Crippen LogP contribution in [0, 0.1) is 12.8 Å². The van der Waals surface area contributed by atoms with Gasteiger partial charge in [0.05, 0.1) is 6.04 Å². The number of hydrogen-bond acceptors (Lipinski definition) is 2. The van der Waals surface area contributed by atoms with E-state index in [9.17, 15) is 4.79 Å². The number of nitrogens with one attached hydrogen (secondary N) is 1. The molecule has 1 heterocycles. The van der Waals surface area contributed by atoms with Crippen LogP contribution in [-0.4, -0.2) is 11.9 Å². The third kappa shape index (κ3) is 3.65. The molecule has 4 rings (SSSR count). The number of carbonyl (C=O) groups is 1. The van der Waals surface area contributed by atoms with Crippen molar-refractivity contribution < 1.29 is 4.79 Å². The van der Waals surface area contributed by atoms with Crippen LogP contribution < -0.4 is 10.2 Å². The second-order valence-electron chi connectivity index (χ2n) is 7.92. The molecule has 0 aliphatic carbocycles. The Bertz CT molecular complexity index is 981. The summed E-state index contributed by atoms with van der Waals surface area (Å²) in [7, 11) is 0. The Morgan fingerprint density at radius 2 is 1.59 bits per heavy atom. The molecule has 3 heteroatoms. The van der Waals surface area contributed by atoms with Crippen molar-refractivity contribution in [1.29, 1.82) is 0 Å². The first-order valence-electron chi connectivity index (χ1n) is 10.4. The predicted molar refractivity (Wildman–Crippen MR) is 120 cm³/mol. The summed E-state index contributed by atoms with van der Waals surface area (Å²) in [6.07, 6.45) is 0.903. The highest BCUT2D eigenvalue weighted by Gasteiger charge is 2.40. The lowest BCUT2D eigenvalue weighted by Gasteiger charge is -2.45. The normalized spacial score (nSPS) is 20.8. The minimum atomic E-state index is 0.0781. The molecule has 0 bridgehead atoms. The Balaban J connectivity index is 1.76. The fourth-order valence-corrected chi connectivity index (χ4v) is 4.46. The SMILES string of the molecule is CC[C@@H]1[C@@H](C)[C@H](Nc2ccccc2)c2ccccc2N1C(=O)c1ccc(C)cc1. The summed E-state index contributed by atoms with van der Waals surface area (Å²) in [5, 5.41) is 3.72. The van der Waals surface area contributed by atoms with Crippen LogP contribution in [0.4, 0.5) is 11.4 Å². The van der Waals surface area contributed by atoms with Gasteiger partial charge in [-0.25, -0.2) is 0 Å². The van der Waals surface area contributed by atoms with Crippen molar-refractivity contribution in [3.8, 4) is 0 Å². The molecule has 0 unspecified atom stereocenters. The van der Waals surface area contributed by atoms with Gasteiger partial charge in [-0.15, -0.1) is 0 Å². The van der Waals surface area contributed by atoms with E-state index in [4.69, 9.17) is 0 Å². The highest BCUT2D eigenvalue weighted by molar-refractivity contribution is 6.07. The van der Waals surface area contributed by atoms with Gasteiger partial charge < -0.3 is 10.2 Å². The molecular weight excluding hydrogens is 356 g/mol. The molecule has 148 valence electrons. The fraction of sp³-hybridized carbons (Fsp3) is 0.269. The van der Waals surface area contributed by atoms with Gasteiger partial charge in [-0.05, 0) is 49.2 Å². The Hall–Kier alpha value is -3.07. The summed E-state index contributed by atoms with van der Waals surface area (Å²) in [6.45, 7) is 6.46. The number of rotatable bonds is 4. The predicted octanol–water partition coefficient (Wildman–Crippen LogP) is 6.22. The number of anilines is 2. The topological polar surface area (TPSA) is 32.3 Å². The van der Waals surface area contributed by atoms with E-state index >= 15 is 0 Å². The van der Waals surface area contributed by atoms with Gasteiger partial charge in [-0.3, -0.25) is 4.79 Å². The minimum absolute atomic E-state index is 0.0781. The summed E-state index contributed by atoms with van der Waals surface area (Å²) in [4.78, 5) is 15.6. The summed E-state index contributed by atoms with van der Waals surface area (Å²) >= 11 is 0. The van der Waals surface area contributed by atoms with Gasteiger partial charge in [0, 0.05) is 28.9 Å². The van der Waals surface area contributed by atoms with E-state index in [2.05, 4.69) is 49.5 Å². The van der Waals surface area contributed by atoms with Gasteiger partial charge in [0.2, 0.25) is 0 Å². The smallest absolute Gasteiger partial charge is 0.258 e. The zero-order chi connectivity index (χ0) is 20.4. The molecule has 3 atom stereocenters. The molecule has 0 saturated carbocycles. The standard InChI is InChI=1S/C26H28N2O/c1-4-23-19(3)25(27-21-10-6-5-7-11-21)22-12-8-9-13-24(22)28(23)26(29)20-16-14-18(2)15-17-20/h5-17,19,23,25,27H,4H2,1-3H3/t19-,23-,25+/m1/s1. The van der Waals surface area contributed by atoms with Gasteiger partial charge >= 0.3 is 0 Å². The maximum Gasteiger partial charge on any atom is 0.258 e. The van der Waals surface area contributed by atoms with Crippen LogP contribution in [0.25, 0.3) is 0 Å². The van der Waals surface area contributed by atoms with Crippen molar-refractivity contribution in [3.63, 3.8) is 0 Å². The Labute approximate surface area is 173 Å². The average Bonchev–Trinajstić information content (AvgIpc) is 2.76. The molecule has 0 radical (unpaired) electrons. The number of hydrogen-bond donors (Lipinski definition) is 1. The highest BCUT2D eigenvalue weighted by Crippen LogP contribution is 2.43. The second-order valence-corrected chi connectivity index (χ2v) is 7.92. The number of aryl methyl sites for hydroxylation is 1. The number of benzene rings is 3. The summed E-state index contributed by atoms with van der Waals surface area (Å²) in [6, 6.07) is 26.8. The second kappa shape index (κ2) is 8.12. The van der Waals surface area contributed by atoms with E-state index in [0.29, 0.717) is 0 Å². The van der Waals surface area contributed by atoms with E-state index in [1.165, 1.54) is 5.56 Å². The van der Waals surface area contributed by atoms with Crippen LogP contribution in [0.3, 0.4) is 0 Å². The monoisotopic (exact) mass is 384 g/mol. The largest absolute Gasteiger partial charge is 0.378 e. The fourth-order valence-electron chi connectivity index (χ4n) is 4.46. The van der Waals surface area contributed by atoms with Crippen LogP contribution in [-0.2, 0) is 0 Å². The van der Waals surface area contributed by atoms with E-state index in [1.54, 1.807) is 0 Å². The molecule has 0 saturated heterocycles. The lowest BCUT2D eigenvalue weighted by Crippen LogP contribution is -2.50. The van der Waals surface area contributed by atoms with E-state index < -0.39 is 0 Å². The first-order valence-corrected chi connectivity index (χ1v) is 10.4. The van der Waals surface area contributed by atoms with Crippen molar-refractivity contribution in [2.75, 3.05) is 10.2 Å². The number of carbonyl (C=O) groups excluding carboxylic acids is 1. The van der Waals surface area contributed by atoms with Crippen molar-refractivity contribution in [2.45, 2.75) is 39.3 Å². The van der Waals surface area contributed by atoms with Crippen LogP contribution in [0.1, 0.15) is 47.8 Å². The molecule has 1 amide bonds.